The zero-order valence-electron chi connectivity index (χ0n) is 13.6. The van der Waals surface area contributed by atoms with E-state index < -0.39 is 5.97 Å². The van der Waals surface area contributed by atoms with Crippen LogP contribution in [-0.4, -0.2) is 31.1 Å². The number of ether oxygens (including phenoxy) is 2. The minimum atomic E-state index is -0.559. The van der Waals surface area contributed by atoms with Crippen molar-refractivity contribution < 1.29 is 19.1 Å². The van der Waals surface area contributed by atoms with E-state index in [1.807, 2.05) is 26.0 Å². The van der Waals surface area contributed by atoms with Gasteiger partial charge >= 0.3 is 5.97 Å². The summed E-state index contributed by atoms with van der Waals surface area (Å²) < 4.78 is 10.2. The second-order valence-corrected chi connectivity index (χ2v) is 4.99. The lowest BCUT2D eigenvalue weighted by Crippen LogP contribution is -2.35. The Balaban J connectivity index is 2.39. The van der Waals surface area contributed by atoms with Gasteiger partial charge in [-0.1, -0.05) is 31.7 Å². The van der Waals surface area contributed by atoms with Crippen LogP contribution in [0.4, 0.5) is 0 Å². The Morgan fingerprint density at radius 3 is 2.61 bits per heavy atom. The van der Waals surface area contributed by atoms with Crippen molar-refractivity contribution in [2.45, 2.75) is 26.3 Å². The number of hydrogen-bond acceptors (Lipinski definition) is 4. The van der Waals surface area contributed by atoms with Gasteiger partial charge in [0.25, 0.3) is 5.91 Å². The number of amides is 1. The molecule has 0 heterocycles. The summed E-state index contributed by atoms with van der Waals surface area (Å²) in [4.78, 5) is 23.0. The highest BCUT2D eigenvalue weighted by atomic mass is 16.5. The van der Waals surface area contributed by atoms with Gasteiger partial charge in [0, 0.05) is 12.1 Å². The van der Waals surface area contributed by atoms with Crippen LogP contribution in [0.25, 0.3) is 6.08 Å². The van der Waals surface area contributed by atoms with Crippen molar-refractivity contribution in [2.24, 2.45) is 0 Å². The number of nitrogens with one attached hydrogen (secondary N) is 1. The van der Waals surface area contributed by atoms with E-state index in [0.717, 1.165) is 17.7 Å². The molecule has 0 spiro atoms. The molecule has 124 valence electrons. The van der Waals surface area contributed by atoms with Crippen molar-refractivity contribution >= 4 is 18.0 Å². The Labute approximate surface area is 137 Å². The lowest BCUT2D eigenvalue weighted by Gasteiger charge is -2.10. The molecule has 0 aliphatic heterocycles. The van der Waals surface area contributed by atoms with Crippen molar-refractivity contribution in [1.82, 2.24) is 5.32 Å². The molecule has 5 nitrogen and oxygen atoms in total. The molecule has 1 atom stereocenters. The molecule has 1 rings (SSSR count). The molecule has 0 aliphatic rings. The summed E-state index contributed by atoms with van der Waals surface area (Å²) in [5.41, 5.74) is 0.831. The first-order chi connectivity index (χ1) is 11.0. The van der Waals surface area contributed by atoms with Gasteiger partial charge in [-0.25, -0.2) is 4.79 Å². The van der Waals surface area contributed by atoms with E-state index in [9.17, 15) is 9.59 Å². The van der Waals surface area contributed by atoms with Gasteiger partial charge in [-0.3, -0.25) is 4.79 Å². The van der Waals surface area contributed by atoms with Crippen LogP contribution in [-0.2, 0) is 14.3 Å². The largest absolute Gasteiger partial charge is 0.490 e. The monoisotopic (exact) mass is 317 g/mol. The summed E-state index contributed by atoms with van der Waals surface area (Å²) in [7, 11) is 0. The average Bonchev–Trinajstić information content (AvgIpc) is 2.57. The highest BCUT2D eigenvalue weighted by molar-refractivity contribution is 5.89. The van der Waals surface area contributed by atoms with Crippen LogP contribution < -0.4 is 10.1 Å². The summed E-state index contributed by atoms with van der Waals surface area (Å²) in [5.74, 6) is -0.132. The normalized spacial score (nSPS) is 11.7. The lowest BCUT2D eigenvalue weighted by molar-refractivity contribution is -0.144. The quantitative estimate of drug-likeness (QED) is 0.432. The molecule has 1 unspecified atom stereocenters. The molecule has 0 aromatic heterocycles. The Morgan fingerprint density at radius 2 is 2.00 bits per heavy atom. The number of carbonyl (C=O) groups excluding carboxylic acids is 2. The molecule has 23 heavy (non-hydrogen) atoms. The summed E-state index contributed by atoms with van der Waals surface area (Å²) in [6.45, 7) is 7.60. The molecule has 1 N–H and O–H groups in total. The molecular weight excluding hydrogens is 294 g/mol. The fourth-order valence-electron chi connectivity index (χ4n) is 1.60. The fraction of sp³-hybridized carbons (Fsp3) is 0.333. The van der Waals surface area contributed by atoms with Crippen molar-refractivity contribution in [3.63, 3.8) is 0 Å². The number of benzene rings is 1. The summed E-state index contributed by atoms with van der Waals surface area (Å²) in [6, 6.07) is 7.30. The molecule has 1 aromatic carbocycles. The zero-order chi connectivity index (χ0) is 17.1. The first-order valence-electron chi connectivity index (χ1n) is 7.53. The summed E-state index contributed by atoms with van der Waals surface area (Å²) in [6.07, 6.45) is 5.40. The van der Waals surface area contributed by atoms with Gasteiger partial charge in [0.1, 0.15) is 12.4 Å². The van der Waals surface area contributed by atoms with E-state index in [0.29, 0.717) is 6.61 Å². The van der Waals surface area contributed by atoms with Crippen LogP contribution in [0.1, 0.15) is 25.8 Å². The first kappa shape index (κ1) is 18.5. The molecule has 0 radical (unpaired) electrons. The minimum absolute atomic E-state index is 0.0681. The molecule has 0 saturated carbocycles. The maximum Gasteiger partial charge on any atom is 0.331 e. The fourth-order valence-corrected chi connectivity index (χ4v) is 1.60. The first-order valence-corrected chi connectivity index (χ1v) is 7.53. The van der Waals surface area contributed by atoms with Gasteiger partial charge in [0.05, 0.1) is 0 Å². The standard InChI is InChI=1S/C18H23NO4/c1-4-12-22-16-9-6-15(7-10-16)8-11-18(21)23-13-17(20)19-14(3)5-2/h4,6-11,14H,1,5,12-13H2,2-3H3,(H,19,20)/b11-8+. The molecule has 1 aromatic rings. The van der Waals surface area contributed by atoms with Crippen LogP contribution >= 0.6 is 0 Å². The molecule has 0 fully saturated rings. The van der Waals surface area contributed by atoms with Crippen LogP contribution in [0.15, 0.2) is 43.0 Å². The van der Waals surface area contributed by atoms with Crippen LogP contribution in [0, 0.1) is 0 Å². The predicted molar refractivity (Wildman–Crippen MR) is 90.0 cm³/mol. The Hall–Kier alpha value is -2.56. The van der Waals surface area contributed by atoms with E-state index in [1.54, 1.807) is 24.3 Å². The van der Waals surface area contributed by atoms with E-state index in [2.05, 4.69) is 11.9 Å². The topological polar surface area (TPSA) is 64.6 Å². The van der Waals surface area contributed by atoms with Gasteiger partial charge in [0.15, 0.2) is 6.61 Å². The van der Waals surface area contributed by atoms with E-state index in [1.165, 1.54) is 6.08 Å². The SMILES string of the molecule is C=CCOc1ccc(/C=C/C(=O)OCC(=O)NC(C)CC)cc1. The molecule has 0 aliphatic carbocycles. The maximum absolute atomic E-state index is 11.6. The van der Waals surface area contributed by atoms with Gasteiger partial charge in [-0.05, 0) is 37.1 Å². The number of esters is 1. The molecule has 5 heteroatoms. The van der Waals surface area contributed by atoms with Crippen molar-refractivity contribution in [3.05, 3.63) is 48.6 Å². The Kier molecular flexibility index (Phi) is 8.21. The third kappa shape index (κ3) is 7.85. The smallest absolute Gasteiger partial charge is 0.331 e. The second kappa shape index (κ2) is 10.2. The Bertz CT molecular complexity index is 549. The zero-order valence-corrected chi connectivity index (χ0v) is 13.6. The minimum Gasteiger partial charge on any atom is -0.490 e. The van der Waals surface area contributed by atoms with E-state index >= 15 is 0 Å². The van der Waals surface area contributed by atoms with Gasteiger partial charge in [0.2, 0.25) is 0 Å². The van der Waals surface area contributed by atoms with Crippen LogP contribution in [0.3, 0.4) is 0 Å². The van der Waals surface area contributed by atoms with Crippen LogP contribution in [0.5, 0.6) is 5.75 Å². The molecule has 0 saturated heterocycles. The van der Waals surface area contributed by atoms with E-state index in [-0.39, 0.29) is 18.6 Å². The lowest BCUT2D eigenvalue weighted by atomic mass is 10.2. The van der Waals surface area contributed by atoms with Crippen molar-refractivity contribution in [2.75, 3.05) is 13.2 Å². The molecule has 0 bridgehead atoms. The number of rotatable bonds is 9. The molecular formula is C18H23NO4. The summed E-state index contributed by atoms with van der Waals surface area (Å²) in [5, 5.41) is 2.72. The van der Waals surface area contributed by atoms with Crippen molar-refractivity contribution in [1.29, 1.82) is 0 Å². The summed E-state index contributed by atoms with van der Waals surface area (Å²) >= 11 is 0. The average molecular weight is 317 g/mol. The number of carbonyl (C=O) groups is 2. The maximum atomic E-state index is 11.6. The van der Waals surface area contributed by atoms with Crippen LogP contribution in [0.2, 0.25) is 0 Å². The second-order valence-electron chi connectivity index (χ2n) is 4.99. The third-order valence-electron chi connectivity index (χ3n) is 3.03. The van der Waals surface area contributed by atoms with E-state index in [4.69, 9.17) is 9.47 Å². The predicted octanol–water partition coefficient (Wildman–Crippen LogP) is 2.72. The highest BCUT2D eigenvalue weighted by Gasteiger charge is 2.07. The highest BCUT2D eigenvalue weighted by Crippen LogP contribution is 2.13. The van der Waals surface area contributed by atoms with Gasteiger partial charge in [-0.2, -0.15) is 0 Å². The van der Waals surface area contributed by atoms with Gasteiger partial charge < -0.3 is 14.8 Å². The van der Waals surface area contributed by atoms with Crippen molar-refractivity contribution in [3.8, 4) is 5.75 Å². The third-order valence-corrected chi connectivity index (χ3v) is 3.03. The van der Waals surface area contributed by atoms with Gasteiger partial charge in [-0.15, -0.1) is 0 Å². The number of hydrogen-bond donors (Lipinski definition) is 1. The molecule has 1 amide bonds. The Morgan fingerprint density at radius 1 is 1.30 bits per heavy atom.